The maximum absolute atomic E-state index is 12.0. The van der Waals surface area contributed by atoms with Crippen LogP contribution in [0.3, 0.4) is 0 Å². The average Bonchev–Trinajstić information content (AvgIpc) is 2.80. The first-order valence-corrected chi connectivity index (χ1v) is 5.61. The van der Waals surface area contributed by atoms with Crippen molar-refractivity contribution >= 4 is 11.6 Å². The summed E-state index contributed by atoms with van der Waals surface area (Å²) in [5.74, 6) is -0.126. The van der Waals surface area contributed by atoms with Gasteiger partial charge in [0, 0.05) is 18.4 Å². The summed E-state index contributed by atoms with van der Waals surface area (Å²) in [4.78, 5) is 12.0. The van der Waals surface area contributed by atoms with Crippen LogP contribution in [0.1, 0.15) is 23.0 Å². The van der Waals surface area contributed by atoms with Gasteiger partial charge in [0.25, 0.3) is 5.91 Å². The third-order valence-corrected chi connectivity index (χ3v) is 2.64. The fraction of sp³-hybridized carbons (Fsp3) is 0.231. The van der Waals surface area contributed by atoms with Gasteiger partial charge in [0.15, 0.2) is 0 Å². The molecular formula is C13H15N3O. The number of para-hydroxylation sites is 1. The molecule has 0 fully saturated rings. The summed E-state index contributed by atoms with van der Waals surface area (Å²) in [7, 11) is 0. The van der Waals surface area contributed by atoms with E-state index < -0.39 is 0 Å². The molecule has 0 spiro atoms. The highest BCUT2D eigenvalue weighted by Crippen LogP contribution is 2.14. The molecule has 1 N–H and O–H groups in total. The van der Waals surface area contributed by atoms with Gasteiger partial charge in [-0.1, -0.05) is 18.2 Å². The Labute approximate surface area is 100 Å². The summed E-state index contributed by atoms with van der Waals surface area (Å²) >= 11 is 0. The van der Waals surface area contributed by atoms with Crippen LogP contribution in [-0.4, -0.2) is 15.7 Å². The predicted molar refractivity (Wildman–Crippen MR) is 67.0 cm³/mol. The average molecular weight is 229 g/mol. The first-order chi connectivity index (χ1) is 8.22. The lowest BCUT2D eigenvalue weighted by Gasteiger charge is -2.08. The van der Waals surface area contributed by atoms with Crippen molar-refractivity contribution in [2.45, 2.75) is 20.4 Å². The maximum atomic E-state index is 12.0. The van der Waals surface area contributed by atoms with Gasteiger partial charge in [-0.25, -0.2) is 0 Å². The number of anilines is 1. The molecule has 0 aliphatic heterocycles. The molecule has 4 heteroatoms. The quantitative estimate of drug-likeness (QED) is 0.878. The van der Waals surface area contributed by atoms with E-state index in [2.05, 4.69) is 10.4 Å². The molecule has 0 bridgehead atoms. The number of nitrogens with zero attached hydrogens (tertiary/aromatic N) is 2. The zero-order valence-corrected chi connectivity index (χ0v) is 9.97. The van der Waals surface area contributed by atoms with Crippen molar-refractivity contribution in [3.63, 3.8) is 0 Å². The van der Waals surface area contributed by atoms with Crippen molar-refractivity contribution in [3.8, 4) is 0 Å². The van der Waals surface area contributed by atoms with E-state index in [0.29, 0.717) is 12.2 Å². The second-order valence-electron chi connectivity index (χ2n) is 3.80. The van der Waals surface area contributed by atoms with Gasteiger partial charge < -0.3 is 5.32 Å². The summed E-state index contributed by atoms with van der Waals surface area (Å²) in [5.41, 5.74) is 2.46. The topological polar surface area (TPSA) is 46.9 Å². The second-order valence-corrected chi connectivity index (χ2v) is 3.80. The fourth-order valence-electron chi connectivity index (χ4n) is 1.68. The molecule has 2 rings (SSSR count). The van der Waals surface area contributed by atoms with Crippen molar-refractivity contribution in [1.29, 1.82) is 0 Å². The fourth-order valence-corrected chi connectivity index (χ4v) is 1.68. The number of benzene rings is 1. The van der Waals surface area contributed by atoms with E-state index in [1.807, 2.05) is 38.1 Å². The van der Waals surface area contributed by atoms with Crippen LogP contribution in [0.4, 0.5) is 5.69 Å². The number of aromatic nitrogens is 2. The number of carbonyl (C=O) groups excluding carboxylic acids is 1. The highest BCUT2D eigenvalue weighted by molar-refractivity contribution is 6.03. The Morgan fingerprint density at radius 1 is 1.35 bits per heavy atom. The van der Waals surface area contributed by atoms with Crippen LogP contribution in [0.15, 0.2) is 36.5 Å². The molecule has 2 aromatic rings. The molecule has 0 radical (unpaired) electrons. The van der Waals surface area contributed by atoms with Gasteiger partial charge in [-0.15, -0.1) is 0 Å². The summed E-state index contributed by atoms with van der Waals surface area (Å²) in [6.45, 7) is 4.60. The lowest BCUT2D eigenvalue weighted by Crippen LogP contribution is -2.17. The molecule has 0 saturated heterocycles. The van der Waals surface area contributed by atoms with Crippen LogP contribution >= 0.6 is 0 Å². The summed E-state index contributed by atoms with van der Waals surface area (Å²) in [6, 6.07) is 9.42. The van der Waals surface area contributed by atoms with E-state index >= 15 is 0 Å². The number of rotatable bonds is 3. The zero-order valence-electron chi connectivity index (χ0n) is 9.97. The number of nitrogens with one attached hydrogen (secondary N) is 1. The lowest BCUT2D eigenvalue weighted by molar-refractivity contribution is 0.101. The van der Waals surface area contributed by atoms with E-state index in [1.54, 1.807) is 16.9 Å². The molecule has 0 saturated carbocycles. The second kappa shape index (κ2) is 4.82. The van der Waals surface area contributed by atoms with E-state index in [1.165, 1.54) is 0 Å². The minimum Gasteiger partial charge on any atom is -0.320 e. The largest absolute Gasteiger partial charge is 0.320 e. The Morgan fingerprint density at radius 2 is 2.12 bits per heavy atom. The minimum atomic E-state index is -0.126. The molecule has 0 aliphatic rings. The van der Waals surface area contributed by atoms with E-state index in [-0.39, 0.29) is 5.91 Å². The van der Waals surface area contributed by atoms with Gasteiger partial charge >= 0.3 is 0 Å². The molecule has 1 amide bonds. The van der Waals surface area contributed by atoms with Gasteiger partial charge in [0.2, 0.25) is 0 Å². The normalized spacial score (nSPS) is 10.2. The van der Waals surface area contributed by atoms with Gasteiger partial charge in [-0.3, -0.25) is 9.48 Å². The molecule has 1 heterocycles. The van der Waals surface area contributed by atoms with Crippen LogP contribution in [0.25, 0.3) is 0 Å². The standard InChI is InChI=1S/C13H15N3O/c1-3-16-12(8-9-14-16)13(17)15-11-7-5-4-6-10(11)2/h4-9H,3H2,1-2H3,(H,15,17). The van der Waals surface area contributed by atoms with Crippen molar-refractivity contribution in [2.75, 3.05) is 5.32 Å². The Morgan fingerprint density at radius 3 is 2.82 bits per heavy atom. The number of carbonyl (C=O) groups is 1. The Kier molecular flexibility index (Phi) is 3.23. The molecule has 0 unspecified atom stereocenters. The van der Waals surface area contributed by atoms with Crippen molar-refractivity contribution in [2.24, 2.45) is 0 Å². The van der Waals surface area contributed by atoms with E-state index in [9.17, 15) is 4.79 Å². The minimum absolute atomic E-state index is 0.126. The molecule has 1 aromatic carbocycles. The first-order valence-electron chi connectivity index (χ1n) is 5.61. The molecule has 1 aromatic heterocycles. The van der Waals surface area contributed by atoms with Crippen LogP contribution in [0.5, 0.6) is 0 Å². The number of aryl methyl sites for hydroxylation is 2. The van der Waals surface area contributed by atoms with Gasteiger partial charge in [0.1, 0.15) is 5.69 Å². The number of hydrogen-bond acceptors (Lipinski definition) is 2. The van der Waals surface area contributed by atoms with Crippen LogP contribution in [0, 0.1) is 6.92 Å². The third-order valence-electron chi connectivity index (χ3n) is 2.64. The number of amides is 1. The van der Waals surface area contributed by atoms with Crippen LogP contribution in [0.2, 0.25) is 0 Å². The molecular weight excluding hydrogens is 214 g/mol. The lowest BCUT2D eigenvalue weighted by atomic mass is 10.2. The van der Waals surface area contributed by atoms with Crippen molar-refractivity contribution < 1.29 is 4.79 Å². The van der Waals surface area contributed by atoms with Crippen LogP contribution in [-0.2, 0) is 6.54 Å². The van der Waals surface area contributed by atoms with Gasteiger partial charge in [-0.05, 0) is 31.5 Å². The SMILES string of the molecule is CCn1nccc1C(=O)Nc1ccccc1C. The molecule has 0 aliphatic carbocycles. The predicted octanol–water partition coefficient (Wildman–Crippen LogP) is 2.46. The Hall–Kier alpha value is -2.10. The van der Waals surface area contributed by atoms with Gasteiger partial charge in [-0.2, -0.15) is 5.10 Å². The Balaban J connectivity index is 2.20. The van der Waals surface area contributed by atoms with Gasteiger partial charge in [0.05, 0.1) is 0 Å². The highest BCUT2D eigenvalue weighted by Gasteiger charge is 2.11. The Bertz CT molecular complexity index is 531. The molecule has 0 atom stereocenters. The van der Waals surface area contributed by atoms with E-state index in [4.69, 9.17) is 0 Å². The first kappa shape index (κ1) is 11.4. The maximum Gasteiger partial charge on any atom is 0.273 e. The monoisotopic (exact) mass is 229 g/mol. The number of hydrogen-bond donors (Lipinski definition) is 1. The summed E-state index contributed by atoms with van der Waals surface area (Å²) in [6.07, 6.45) is 1.64. The smallest absolute Gasteiger partial charge is 0.273 e. The summed E-state index contributed by atoms with van der Waals surface area (Å²) < 4.78 is 1.67. The van der Waals surface area contributed by atoms with Crippen molar-refractivity contribution in [1.82, 2.24) is 9.78 Å². The third kappa shape index (κ3) is 2.36. The van der Waals surface area contributed by atoms with Crippen molar-refractivity contribution in [3.05, 3.63) is 47.8 Å². The summed E-state index contributed by atoms with van der Waals surface area (Å²) in [5, 5.41) is 6.96. The highest BCUT2D eigenvalue weighted by atomic mass is 16.2. The zero-order chi connectivity index (χ0) is 12.3. The van der Waals surface area contributed by atoms with E-state index in [0.717, 1.165) is 11.3 Å². The molecule has 4 nitrogen and oxygen atoms in total. The molecule has 17 heavy (non-hydrogen) atoms. The molecule has 88 valence electrons. The van der Waals surface area contributed by atoms with Crippen LogP contribution < -0.4 is 5.32 Å².